The largest absolute Gasteiger partial charge is 0.277 e. The summed E-state index contributed by atoms with van der Waals surface area (Å²) >= 11 is 0. The third kappa shape index (κ3) is 1.43. The van der Waals surface area contributed by atoms with Crippen molar-refractivity contribution >= 4 is 5.91 Å². The van der Waals surface area contributed by atoms with Crippen LogP contribution in [0.15, 0.2) is 30.3 Å². The van der Waals surface area contributed by atoms with Crippen molar-refractivity contribution in [3.63, 3.8) is 0 Å². The number of benzene rings is 1. The van der Waals surface area contributed by atoms with Gasteiger partial charge in [-0.25, -0.2) is 5.06 Å². The lowest BCUT2D eigenvalue weighted by atomic mass is 10.2. The van der Waals surface area contributed by atoms with Crippen LogP contribution in [0.4, 0.5) is 0 Å². The molecule has 1 saturated heterocycles. The molecule has 0 spiro atoms. The molecule has 1 aliphatic carbocycles. The quantitative estimate of drug-likeness (QED) is 0.698. The van der Waals surface area contributed by atoms with E-state index in [0.29, 0.717) is 11.6 Å². The van der Waals surface area contributed by atoms with Crippen LogP contribution in [0, 0.1) is 0 Å². The van der Waals surface area contributed by atoms with Gasteiger partial charge in [0.15, 0.2) is 0 Å². The summed E-state index contributed by atoms with van der Waals surface area (Å²) in [5.74, 6) is 0.00259. The summed E-state index contributed by atoms with van der Waals surface area (Å²) in [6, 6.07) is 9.63. The van der Waals surface area contributed by atoms with Crippen LogP contribution in [0.25, 0.3) is 0 Å². The van der Waals surface area contributed by atoms with E-state index in [9.17, 15) is 4.79 Å². The molecule has 1 aromatic rings. The first-order chi connectivity index (χ1) is 7.34. The van der Waals surface area contributed by atoms with Gasteiger partial charge in [-0.3, -0.25) is 9.63 Å². The Balaban J connectivity index is 1.81. The molecule has 1 aliphatic heterocycles. The van der Waals surface area contributed by atoms with Crippen LogP contribution in [-0.4, -0.2) is 23.1 Å². The average Bonchev–Trinajstić information content (AvgIpc) is 2.91. The van der Waals surface area contributed by atoms with Gasteiger partial charge in [-0.15, -0.1) is 0 Å². The molecule has 1 saturated carbocycles. The molecule has 3 heteroatoms. The van der Waals surface area contributed by atoms with Gasteiger partial charge < -0.3 is 0 Å². The predicted molar refractivity (Wildman–Crippen MR) is 55.1 cm³/mol. The van der Waals surface area contributed by atoms with Gasteiger partial charge >= 0.3 is 0 Å². The van der Waals surface area contributed by atoms with Crippen LogP contribution < -0.4 is 0 Å². The molecule has 1 heterocycles. The van der Waals surface area contributed by atoms with Crippen molar-refractivity contribution in [2.75, 3.05) is 0 Å². The van der Waals surface area contributed by atoms with Gasteiger partial charge in [0, 0.05) is 5.56 Å². The van der Waals surface area contributed by atoms with Gasteiger partial charge in [-0.05, 0) is 31.4 Å². The molecule has 2 aliphatic rings. The number of hydrogen-bond acceptors (Lipinski definition) is 2. The fourth-order valence-corrected chi connectivity index (χ4v) is 2.39. The third-order valence-corrected chi connectivity index (χ3v) is 3.17. The lowest BCUT2D eigenvalue weighted by Gasteiger charge is -2.25. The van der Waals surface area contributed by atoms with Crippen molar-refractivity contribution in [2.45, 2.75) is 31.4 Å². The SMILES string of the molecule is O=C(c1ccccc1)N1OC2CCC1C2. The summed E-state index contributed by atoms with van der Waals surface area (Å²) in [5, 5.41) is 1.57. The van der Waals surface area contributed by atoms with E-state index in [-0.39, 0.29) is 12.0 Å². The summed E-state index contributed by atoms with van der Waals surface area (Å²) in [6.07, 6.45) is 3.48. The zero-order chi connectivity index (χ0) is 10.3. The van der Waals surface area contributed by atoms with E-state index in [1.165, 1.54) is 0 Å². The first-order valence-electron chi connectivity index (χ1n) is 5.40. The van der Waals surface area contributed by atoms with E-state index in [0.717, 1.165) is 19.3 Å². The normalized spacial score (nSPS) is 28.4. The average molecular weight is 203 g/mol. The van der Waals surface area contributed by atoms with E-state index in [4.69, 9.17) is 4.84 Å². The summed E-state index contributed by atoms with van der Waals surface area (Å²) in [6.45, 7) is 0. The minimum atomic E-state index is 0.00259. The molecule has 0 N–H and O–H groups in total. The summed E-state index contributed by atoms with van der Waals surface area (Å²) < 4.78 is 0. The Labute approximate surface area is 88.6 Å². The molecule has 2 bridgehead atoms. The highest BCUT2D eigenvalue weighted by atomic mass is 16.7. The standard InChI is InChI=1S/C12H13NO2/c14-12(9-4-2-1-3-5-9)13-10-6-7-11(8-10)15-13/h1-5,10-11H,6-8H2. The highest BCUT2D eigenvalue weighted by molar-refractivity contribution is 5.93. The van der Waals surface area contributed by atoms with Crippen molar-refractivity contribution in [3.8, 4) is 0 Å². The Morgan fingerprint density at radius 2 is 2.07 bits per heavy atom. The maximum Gasteiger partial charge on any atom is 0.277 e. The molecule has 3 rings (SSSR count). The van der Waals surface area contributed by atoms with Gasteiger partial charge in [-0.1, -0.05) is 18.2 Å². The fourth-order valence-electron chi connectivity index (χ4n) is 2.39. The van der Waals surface area contributed by atoms with Gasteiger partial charge in [0.25, 0.3) is 5.91 Å². The molecule has 3 nitrogen and oxygen atoms in total. The van der Waals surface area contributed by atoms with Crippen LogP contribution in [0.3, 0.4) is 0 Å². The Morgan fingerprint density at radius 3 is 2.67 bits per heavy atom. The van der Waals surface area contributed by atoms with Gasteiger partial charge in [-0.2, -0.15) is 0 Å². The lowest BCUT2D eigenvalue weighted by Crippen LogP contribution is -2.36. The molecule has 2 unspecified atom stereocenters. The maximum absolute atomic E-state index is 12.0. The second-order valence-corrected chi connectivity index (χ2v) is 4.19. The highest BCUT2D eigenvalue weighted by Crippen LogP contribution is 2.35. The Hall–Kier alpha value is -1.35. The lowest BCUT2D eigenvalue weighted by molar-refractivity contribution is -0.148. The number of fused-ring (bicyclic) bond motifs is 2. The molecule has 15 heavy (non-hydrogen) atoms. The molecule has 2 fully saturated rings. The first-order valence-corrected chi connectivity index (χ1v) is 5.40. The Morgan fingerprint density at radius 1 is 1.27 bits per heavy atom. The summed E-state index contributed by atoms with van der Waals surface area (Å²) in [5.41, 5.74) is 0.713. The molecular weight excluding hydrogens is 190 g/mol. The molecule has 1 amide bonds. The number of rotatable bonds is 1. The van der Waals surface area contributed by atoms with Gasteiger partial charge in [0.05, 0.1) is 12.1 Å². The van der Waals surface area contributed by atoms with Crippen LogP contribution in [0.1, 0.15) is 29.6 Å². The van der Waals surface area contributed by atoms with Gasteiger partial charge in [0.1, 0.15) is 0 Å². The van der Waals surface area contributed by atoms with Gasteiger partial charge in [0.2, 0.25) is 0 Å². The van der Waals surface area contributed by atoms with E-state index >= 15 is 0 Å². The van der Waals surface area contributed by atoms with Crippen LogP contribution in [-0.2, 0) is 4.84 Å². The number of carbonyl (C=O) groups excluding carboxylic acids is 1. The molecule has 78 valence electrons. The van der Waals surface area contributed by atoms with Crippen LogP contribution in [0.5, 0.6) is 0 Å². The Bertz CT molecular complexity index is 376. The Kier molecular flexibility index (Phi) is 1.99. The topological polar surface area (TPSA) is 29.5 Å². The van der Waals surface area contributed by atoms with Crippen molar-refractivity contribution < 1.29 is 9.63 Å². The van der Waals surface area contributed by atoms with Crippen molar-refractivity contribution in [2.24, 2.45) is 0 Å². The van der Waals surface area contributed by atoms with Crippen LogP contribution >= 0.6 is 0 Å². The number of hydrogen-bond donors (Lipinski definition) is 0. The molecule has 2 atom stereocenters. The number of amides is 1. The fraction of sp³-hybridized carbons (Fsp3) is 0.417. The summed E-state index contributed by atoms with van der Waals surface area (Å²) in [7, 11) is 0. The molecule has 0 aromatic heterocycles. The first kappa shape index (κ1) is 8.92. The second kappa shape index (κ2) is 3.35. The number of hydroxylamine groups is 2. The summed E-state index contributed by atoms with van der Waals surface area (Å²) in [4.78, 5) is 17.6. The van der Waals surface area contributed by atoms with Crippen molar-refractivity contribution in [1.82, 2.24) is 5.06 Å². The van der Waals surface area contributed by atoms with E-state index in [1.807, 2.05) is 30.3 Å². The van der Waals surface area contributed by atoms with E-state index < -0.39 is 0 Å². The third-order valence-electron chi connectivity index (χ3n) is 3.17. The zero-order valence-corrected chi connectivity index (χ0v) is 8.43. The minimum Gasteiger partial charge on any atom is -0.267 e. The zero-order valence-electron chi connectivity index (χ0n) is 8.43. The van der Waals surface area contributed by atoms with E-state index in [1.54, 1.807) is 5.06 Å². The highest BCUT2D eigenvalue weighted by Gasteiger charge is 2.42. The van der Waals surface area contributed by atoms with Crippen molar-refractivity contribution in [3.05, 3.63) is 35.9 Å². The van der Waals surface area contributed by atoms with Crippen molar-refractivity contribution in [1.29, 1.82) is 0 Å². The van der Waals surface area contributed by atoms with E-state index in [2.05, 4.69) is 0 Å². The molecule has 1 aromatic carbocycles. The molecule has 0 radical (unpaired) electrons. The maximum atomic E-state index is 12.0. The number of nitrogens with zero attached hydrogens (tertiary/aromatic N) is 1. The smallest absolute Gasteiger partial charge is 0.267 e. The minimum absolute atomic E-state index is 0.00259. The monoisotopic (exact) mass is 203 g/mol. The second-order valence-electron chi connectivity index (χ2n) is 4.19. The number of carbonyl (C=O) groups is 1. The predicted octanol–water partition coefficient (Wildman–Crippen LogP) is 2.00. The van der Waals surface area contributed by atoms with Crippen LogP contribution in [0.2, 0.25) is 0 Å². The molecular formula is C12H13NO2.